The summed E-state index contributed by atoms with van der Waals surface area (Å²) >= 11 is 1.07. The van der Waals surface area contributed by atoms with Crippen LogP contribution in [-0.4, -0.2) is 16.3 Å². The summed E-state index contributed by atoms with van der Waals surface area (Å²) < 4.78 is 17.1. The molecule has 19 heavy (non-hydrogen) atoms. The topological polar surface area (TPSA) is 68.0 Å². The Balaban J connectivity index is 1.89. The van der Waals surface area contributed by atoms with Gasteiger partial charge >= 0.3 is 0 Å². The number of hydrogen-bond acceptors (Lipinski definition) is 4. The summed E-state index contributed by atoms with van der Waals surface area (Å²) in [7, 11) is 0. The van der Waals surface area contributed by atoms with Gasteiger partial charge in [0.2, 0.25) is 0 Å². The van der Waals surface area contributed by atoms with Crippen LogP contribution in [0.3, 0.4) is 0 Å². The summed E-state index contributed by atoms with van der Waals surface area (Å²) in [6.07, 6.45) is 2.05. The third-order valence-electron chi connectivity index (χ3n) is 2.96. The van der Waals surface area contributed by atoms with E-state index in [1.54, 1.807) is 12.1 Å². The molecule has 0 spiro atoms. The van der Waals surface area contributed by atoms with Gasteiger partial charge in [0.25, 0.3) is 5.91 Å². The quantitative estimate of drug-likeness (QED) is 0.905. The number of amides is 1. The molecule has 0 unspecified atom stereocenters. The Morgan fingerprint density at radius 2 is 2.05 bits per heavy atom. The van der Waals surface area contributed by atoms with Gasteiger partial charge in [0, 0.05) is 11.6 Å². The molecule has 98 valence electrons. The number of nitrogens with zero attached hydrogens (tertiary/aromatic N) is 1. The molecule has 0 atom stereocenters. The van der Waals surface area contributed by atoms with E-state index >= 15 is 0 Å². The van der Waals surface area contributed by atoms with E-state index < -0.39 is 0 Å². The van der Waals surface area contributed by atoms with Gasteiger partial charge in [-0.05, 0) is 48.6 Å². The molecule has 0 saturated heterocycles. The lowest BCUT2D eigenvalue weighted by Crippen LogP contribution is -2.25. The Kier molecular flexibility index (Phi) is 2.94. The van der Waals surface area contributed by atoms with Crippen LogP contribution in [0, 0.1) is 5.82 Å². The Bertz CT molecular complexity index is 619. The van der Waals surface area contributed by atoms with E-state index in [0.29, 0.717) is 21.8 Å². The first kappa shape index (κ1) is 12.1. The highest BCUT2D eigenvalue weighted by molar-refractivity contribution is 7.09. The standard InChI is InChI=1S/C13H12FN3OS/c14-8-3-1-7(2-4-8)11-10(15)12(19-17-11)13(18)16-9-5-6-9/h1-4,9H,5-6,15H2,(H,16,18). The van der Waals surface area contributed by atoms with E-state index in [9.17, 15) is 9.18 Å². The largest absolute Gasteiger partial charge is 0.396 e. The molecule has 1 aliphatic carbocycles. The Hall–Kier alpha value is -1.95. The van der Waals surface area contributed by atoms with Crippen LogP contribution < -0.4 is 11.1 Å². The molecule has 1 fully saturated rings. The van der Waals surface area contributed by atoms with E-state index in [4.69, 9.17) is 5.73 Å². The highest BCUT2D eigenvalue weighted by Crippen LogP contribution is 2.31. The number of aromatic nitrogens is 1. The van der Waals surface area contributed by atoms with E-state index in [0.717, 1.165) is 24.4 Å². The number of carbonyl (C=O) groups excluding carboxylic acids is 1. The van der Waals surface area contributed by atoms with Crippen molar-refractivity contribution in [1.82, 2.24) is 9.69 Å². The van der Waals surface area contributed by atoms with Crippen LogP contribution >= 0.6 is 11.5 Å². The molecule has 4 nitrogen and oxygen atoms in total. The Morgan fingerprint density at radius 1 is 1.37 bits per heavy atom. The van der Waals surface area contributed by atoms with Crippen molar-refractivity contribution in [3.8, 4) is 11.3 Å². The number of nitrogens with one attached hydrogen (secondary N) is 1. The lowest BCUT2D eigenvalue weighted by molar-refractivity contribution is 0.0956. The molecule has 1 aliphatic rings. The fraction of sp³-hybridized carbons (Fsp3) is 0.231. The maximum atomic E-state index is 12.9. The molecule has 6 heteroatoms. The van der Waals surface area contributed by atoms with E-state index in [1.807, 2.05) is 0 Å². The van der Waals surface area contributed by atoms with Gasteiger partial charge < -0.3 is 11.1 Å². The minimum Gasteiger partial charge on any atom is -0.396 e. The number of halogens is 1. The Labute approximate surface area is 113 Å². The van der Waals surface area contributed by atoms with Gasteiger partial charge in [-0.3, -0.25) is 4.79 Å². The van der Waals surface area contributed by atoms with Crippen LogP contribution in [0.25, 0.3) is 11.3 Å². The van der Waals surface area contributed by atoms with Crippen molar-refractivity contribution in [2.24, 2.45) is 0 Å². The van der Waals surface area contributed by atoms with Gasteiger partial charge in [0.05, 0.1) is 5.69 Å². The highest BCUT2D eigenvalue weighted by Gasteiger charge is 2.26. The van der Waals surface area contributed by atoms with E-state index in [2.05, 4.69) is 9.69 Å². The molecule has 2 aromatic rings. The zero-order valence-corrected chi connectivity index (χ0v) is 10.8. The molecule has 1 amide bonds. The summed E-state index contributed by atoms with van der Waals surface area (Å²) in [4.78, 5) is 12.4. The summed E-state index contributed by atoms with van der Waals surface area (Å²) in [6, 6.07) is 6.17. The smallest absolute Gasteiger partial charge is 0.265 e. The summed E-state index contributed by atoms with van der Waals surface area (Å²) in [5.74, 6) is -0.491. The maximum absolute atomic E-state index is 12.9. The highest BCUT2D eigenvalue weighted by atomic mass is 32.1. The van der Waals surface area contributed by atoms with E-state index in [1.165, 1.54) is 12.1 Å². The lowest BCUT2D eigenvalue weighted by Gasteiger charge is -2.02. The van der Waals surface area contributed by atoms with E-state index in [-0.39, 0.29) is 17.8 Å². The zero-order valence-electron chi connectivity index (χ0n) is 10.0. The lowest BCUT2D eigenvalue weighted by atomic mass is 10.1. The normalized spacial score (nSPS) is 14.4. The second kappa shape index (κ2) is 4.62. The van der Waals surface area contributed by atoms with Crippen LogP contribution in [0.5, 0.6) is 0 Å². The van der Waals surface area contributed by atoms with Crippen molar-refractivity contribution in [3.05, 3.63) is 35.0 Å². The third kappa shape index (κ3) is 2.44. The molecular formula is C13H12FN3OS. The Morgan fingerprint density at radius 3 is 2.68 bits per heavy atom. The first-order valence-electron chi connectivity index (χ1n) is 5.97. The van der Waals surface area contributed by atoms with Gasteiger partial charge in [-0.15, -0.1) is 0 Å². The molecular weight excluding hydrogens is 265 g/mol. The summed E-state index contributed by atoms with van der Waals surface area (Å²) in [6.45, 7) is 0. The van der Waals surface area contributed by atoms with Crippen molar-refractivity contribution >= 4 is 23.1 Å². The van der Waals surface area contributed by atoms with Crippen molar-refractivity contribution < 1.29 is 9.18 Å². The first-order chi connectivity index (χ1) is 9.15. The second-order valence-corrected chi connectivity index (χ2v) is 5.30. The van der Waals surface area contributed by atoms with Crippen molar-refractivity contribution in [2.45, 2.75) is 18.9 Å². The molecule has 0 radical (unpaired) electrons. The molecule has 1 saturated carbocycles. The van der Waals surface area contributed by atoms with Gasteiger partial charge in [-0.25, -0.2) is 4.39 Å². The van der Waals surface area contributed by atoms with Gasteiger partial charge in [-0.1, -0.05) is 0 Å². The zero-order chi connectivity index (χ0) is 13.4. The number of benzene rings is 1. The summed E-state index contributed by atoms with van der Waals surface area (Å²) in [5, 5.41) is 2.88. The number of rotatable bonds is 3. The minimum absolute atomic E-state index is 0.175. The van der Waals surface area contributed by atoms with Crippen molar-refractivity contribution in [3.63, 3.8) is 0 Å². The predicted octanol–water partition coefficient (Wildman–Crippen LogP) is 2.42. The van der Waals surface area contributed by atoms with Crippen LogP contribution in [0.4, 0.5) is 10.1 Å². The average molecular weight is 277 g/mol. The van der Waals surface area contributed by atoms with Crippen LogP contribution in [0.2, 0.25) is 0 Å². The minimum atomic E-state index is -0.316. The van der Waals surface area contributed by atoms with Gasteiger partial charge in [0.15, 0.2) is 0 Å². The molecule has 1 aromatic carbocycles. The van der Waals surface area contributed by atoms with Gasteiger partial charge in [0.1, 0.15) is 16.4 Å². The monoisotopic (exact) mass is 277 g/mol. The van der Waals surface area contributed by atoms with Crippen molar-refractivity contribution in [1.29, 1.82) is 0 Å². The number of carbonyl (C=O) groups is 1. The maximum Gasteiger partial charge on any atom is 0.265 e. The second-order valence-electron chi connectivity index (χ2n) is 4.53. The first-order valence-corrected chi connectivity index (χ1v) is 6.74. The van der Waals surface area contributed by atoms with Gasteiger partial charge in [-0.2, -0.15) is 4.37 Å². The molecule has 0 bridgehead atoms. The molecule has 1 heterocycles. The predicted molar refractivity (Wildman–Crippen MR) is 72.4 cm³/mol. The number of nitrogen functional groups attached to an aromatic ring is 1. The van der Waals surface area contributed by atoms with Crippen molar-refractivity contribution in [2.75, 3.05) is 5.73 Å². The number of hydrogen-bond donors (Lipinski definition) is 2. The molecule has 0 aliphatic heterocycles. The van der Waals surface area contributed by atoms with Crippen LogP contribution in [0.1, 0.15) is 22.5 Å². The average Bonchev–Trinajstić information content (AvgIpc) is 3.12. The number of nitrogens with two attached hydrogens (primary N) is 1. The SMILES string of the molecule is Nc1c(-c2ccc(F)cc2)nsc1C(=O)NC1CC1. The summed E-state index contributed by atoms with van der Waals surface area (Å²) in [5.41, 5.74) is 7.56. The third-order valence-corrected chi connectivity index (χ3v) is 3.83. The molecule has 3 rings (SSSR count). The van der Waals surface area contributed by atoms with Crippen LogP contribution in [-0.2, 0) is 0 Å². The fourth-order valence-electron chi connectivity index (χ4n) is 1.76. The number of anilines is 1. The molecule has 1 aromatic heterocycles. The molecule has 3 N–H and O–H groups in total. The fourth-order valence-corrected chi connectivity index (χ4v) is 2.48. The van der Waals surface area contributed by atoms with Crippen LogP contribution in [0.15, 0.2) is 24.3 Å².